The van der Waals surface area contributed by atoms with Crippen LogP contribution in [-0.4, -0.2) is 23.8 Å². The summed E-state index contributed by atoms with van der Waals surface area (Å²) in [5.41, 5.74) is 6.97. The van der Waals surface area contributed by atoms with E-state index in [0.29, 0.717) is 23.7 Å². The Labute approximate surface area is 193 Å². The molecule has 33 heavy (non-hydrogen) atoms. The van der Waals surface area contributed by atoms with Crippen LogP contribution in [0.4, 0.5) is 0 Å². The number of nitrogens with zero attached hydrogens (tertiary/aromatic N) is 2. The van der Waals surface area contributed by atoms with Crippen LogP contribution in [0.2, 0.25) is 0 Å². The number of aromatic nitrogens is 1. The van der Waals surface area contributed by atoms with Crippen LogP contribution in [0.15, 0.2) is 96.4 Å². The number of carbonyl (C=O) groups is 1. The molecule has 1 N–H and O–H groups in total. The fourth-order valence-corrected chi connectivity index (χ4v) is 3.34. The van der Waals surface area contributed by atoms with Crippen LogP contribution in [0.5, 0.6) is 11.5 Å². The Hall–Kier alpha value is -4.32. The van der Waals surface area contributed by atoms with Gasteiger partial charge in [0, 0.05) is 12.4 Å². The number of nitrogens with one attached hydrogen (secondary N) is 1. The number of ether oxygens (including phenoxy) is 2. The molecular formula is C27H25N3O3. The molecule has 1 heterocycles. The average Bonchev–Trinajstić information content (AvgIpc) is 3.39. The fraction of sp³-hybridized carbons (Fsp3) is 0.111. The lowest BCUT2D eigenvalue weighted by Gasteiger charge is -2.11. The first-order valence-electron chi connectivity index (χ1n) is 10.6. The van der Waals surface area contributed by atoms with Gasteiger partial charge in [0.15, 0.2) is 11.5 Å². The summed E-state index contributed by atoms with van der Waals surface area (Å²) < 4.78 is 13.3. The third kappa shape index (κ3) is 5.49. The maximum absolute atomic E-state index is 12.7. The first kappa shape index (κ1) is 21.9. The summed E-state index contributed by atoms with van der Waals surface area (Å²) in [4.78, 5) is 12.7. The Morgan fingerprint density at radius 2 is 1.73 bits per heavy atom. The number of benzene rings is 3. The third-order valence-corrected chi connectivity index (χ3v) is 5.11. The molecule has 0 bridgehead atoms. The van der Waals surface area contributed by atoms with E-state index >= 15 is 0 Å². The topological polar surface area (TPSA) is 64.8 Å². The summed E-state index contributed by atoms with van der Waals surface area (Å²) in [5.74, 6) is 0.941. The molecule has 0 saturated carbocycles. The normalized spacial score (nSPS) is 10.8. The number of amides is 1. The van der Waals surface area contributed by atoms with Gasteiger partial charge in [0.05, 0.1) is 24.6 Å². The molecule has 166 valence electrons. The van der Waals surface area contributed by atoms with Gasteiger partial charge in [-0.15, -0.1) is 0 Å². The lowest BCUT2D eigenvalue weighted by molar-refractivity contribution is 0.0955. The zero-order valence-electron chi connectivity index (χ0n) is 18.6. The molecule has 1 amide bonds. The summed E-state index contributed by atoms with van der Waals surface area (Å²) in [5, 5.41) is 4.12. The van der Waals surface area contributed by atoms with Crippen LogP contribution >= 0.6 is 0 Å². The highest BCUT2D eigenvalue weighted by Gasteiger charge is 2.11. The molecule has 4 aromatic rings. The van der Waals surface area contributed by atoms with E-state index in [2.05, 4.69) is 29.6 Å². The number of hydrogen-bond donors (Lipinski definition) is 1. The number of rotatable bonds is 8. The van der Waals surface area contributed by atoms with E-state index in [1.165, 1.54) is 5.56 Å². The highest BCUT2D eigenvalue weighted by Crippen LogP contribution is 2.28. The van der Waals surface area contributed by atoms with Crippen molar-refractivity contribution >= 4 is 12.1 Å². The molecule has 0 saturated heterocycles. The maximum Gasteiger partial charge on any atom is 0.273 e. The van der Waals surface area contributed by atoms with E-state index < -0.39 is 0 Å². The molecule has 6 nitrogen and oxygen atoms in total. The van der Waals surface area contributed by atoms with Gasteiger partial charge in [-0.05, 0) is 60.5 Å². The lowest BCUT2D eigenvalue weighted by Crippen LogP contribution is -2.19. The molecule has 4 rings (SSSR count). The Bertz CT molecular complexity index is 1250. The first-order valence-corrected chi connectivity index (χ1v) is 10.6. The smallest absolute Gasteiger partial charge is 0.273 e. The van der Waals surface area contributed by atoms with Crippen LogP contribution in [0, 0.1) is 6.92 Å². The summed E-state index contributed by atoms with van der Waals surface area (Å²) in [7, 11) is 1.59. The number of carbonyl (C=O) groups excluding carboxylic acids is 1. The molecule has 3 aromatic carbocycles. The predicted molar refractivity (Wildman–Crippen MR) is 129 cm³/mol. The summed E-state index contributed by atoms with van der Waals surface area (Å²) in [6.45, 7) is 2.50. The molecule has 0 spiro atoms. The molecule has 0 aliphatic carbocycles. The van der Waals surface area contributed by atoms with E-state index in [4.69, 9.17) is 9.47 Å². The monoisotopic (exact) mass is 439 g/mol. The Morgan fingerprint density at radius 3 is 2.48 bits per heavy atom. The van der Waals surface area contributed by atoms with Gasteiger partial charge in [-0.25, -0.2) is 5.43 Å². The van der Waals surface area contributed by atoms with Gasteiger partial charge in [-0.3, -0.25) is 4.79 Å². The van der Waals surface area contributed by atoms with Gasteiger partial charge in [0.2, 0.25) is 0 Å². The van der Waals surface area contributed by atoms with E-state index in [-0.39, 0.29) is 5.91 Å². The highest BCUT2D eigenvalue weighted by molar-refractivity contribution is 5.98. The summed E-state index contributed by atoms with van der Waals surface area (Å²) in [6.07, 6.45) is 5.36. The van der Waals surface area contributed by atoms with Gasteiger partial charge >= 0.3 is 0 Å². The second-order valence-corrected chi connectivity index (χ2v) is 7.49. The van der Waals surface area contributed by atoms with Crippen molar-refractivity contribution in [3.8, 4) is 17.2 Å². The van der Waals surface area contributed by atoms with Crippen LogP contribution in [0.3, 0.4) is 0 Å². The standard InChI is InChI=1S/C27H25N3O3/c1-20-9-11-21(12-10-20)19-33-25-14-13-22(17-26(25)32-2)18-28-29-27(31)23-7-3-4-8-24(23)30-15-5-6-16-30/h3-18H,19H2,1-2H3,(H,29,31)/b28-18-. The zero-order chi connectivity index (χ0) is 23.0. The largest absolute Gasteiger partial charge is 0.493 e. The minimum atomic E-state index is -0.291. The van der Waals surface area contributed by atoms with Crippen molar-refractivity contribution in [1.29, 1.82) is 0 Å². The fourth-order valence-electron chi connectivity index (χ4n) is 3.34. The Kier molecular flexibility index (Phi) is 6.85. The SMILES string of the molecule is COc1cc(/C=N\NC(=O)c2ccccc2-n2cccc2)ccc1OCc1ccc(C)cc1. The van der Waals surface area contributed by atoms with Crippen LogP contribution in [0.25, 0.3) is 5.69 Å². The Balaban J connectivity index is 1.41. The summed E-state index contributed by atoms with van der Waals surface area (Å²) in [6, 6.07) is 24.9. The Morgan fingerprint density at radius 1 is 0.970 bits per heavy atom. The number of aryl methyl sites for hydroxylation is 1. The molecule has 0 atom stereocenters. The highest BCUT2D eigenvalue weighted by atomic mass is 16.5. The molecule has 0 aliphatic rings. The number of hydrazone groups is 1. The van der Waals surface area contributed by atoms with Crippen LogP contribution < -0.4 is 14.9 Å². The van der Waals surface area contributed by atoms with Crippen molar-refractivity contribution in [2.75, 3.05) is 7.11 Å². The number of methoxy groups -OCH3 is 1. The maximum atomic E-state index is 12.7. The van der Waals surface area contributed by atoms with Crippen LogP contribution in [0.1, 0.15) is 27.0 Å². The molecule has 0 unspecified atom stereocenters. The molecule has 0 aliphatic heterocycles. The van der Waals surface area contributed by atoms with Crippen molar-refractivity contribution in [3.63, 3.8) is 0 Å². The predicted octanol–water partition coefficient (Wildman–Crippen LogP) is 5.14. The van der Waals surface area contributed by atoms with Crippen molar-refractivity contribution in [3.05, 3.63) is 114 Å². The quantitative estimate of drug-likeness (QED) is 0.306. The van der Waals surface area contributed by atoms with E-state index in [1.807, 2.05) is 77.6 Å². The molecule has 6 heteroatoms. The number of para-hydroxylation sites is 1. The molecule has 0 fully saturated rings. The van der Waals surface area contributed by atoms with Crippen molar-refractivity contribution in [2.45, 2.75) is 13.5 Å². The zero-order valence-corrected chi connectivity index (χ0v) is 18.6. The van der Waals surface area contributed by atoms with Gasteiger partial charge < -0.3 is 14.0 Å². The van der Waals surface area contributed by atoms with Crippen molar-refractivity contribution < 1.29 is 14.3 Å². The second-order valence-electron chi connectivity index (χ2n) is 7.49. The first-order chi connectivity index (χ1) is 16.1. The second kappa shape index (κ2) is 10.3. The van der Waals surface area contributed by atoms with Gasteiger partial charge in [0.25, 0.3) is 5.91 Å². The molecule has 1 aromatic heterocycles. The van der Waals surface area contributed by atoms with E-state index in [0.717, 1.165) is 16.8 Å². The van der Waals surface area contributed by atoms with Crippen LogP contribution in [-0.2, 0) is 6.61 Å². The van der Waals surface area contributed by atoms with Gasteiger partial charge in [-0.1, -0.05) is 42.0 Å². The average molecular weight is 440 g/mol. The minimum absolute atomic E-state index is 0.291. The number of hydrogen-bond acceptors (Lipinski definition) is 4. The summed E-state index contributed by atoms with van der Waals surface area (Å²) >= 11 is 0. The van der Waals surface area contributed by atoms with Crippen molar-refractivity contribution in [1.82, 2.24) is 9.99 Å². The lowest BCUT2D eigenvalue weighted by atomic mass is 10.1. The molecular weight excluding hydrogens is 414 g/mol. The molecule has 0 radical (unpaired) electrons. The minimum Gasteiger partial charge on any atom is -0.493 e. The van der Waals surface area contributed by atoms with Gasteiger partial charge in [0.1, 0.15) is 6.61 Å². The van der Waals surface area contributed by atoms with Crippen molar-refractivity contribution in [2.24, 2.45) is 5.10 Å². The van der Waals surface area contributed by atoms with E-state index in [9.17, 15) is 4.79 Å². The third-order valence-electron chi connectivity index (χ3n) is 5.11. The van der Waals surface area contributed by atoms with Gasteiger partial charge in [-0.2, -0.15) is 5.10 Å². The van der Waals surface area contributed by atoms with E-state index in [1.54, 1.807) is 19.4 Å².